The van der Waals surface area contributed by atoms with E-state index in [4.69, 9.17) is 0 Å². The lowest BCUT2D eigenvalue weighted by Gasteiger charge is -2.26. The number of nitrogens with zero attached hydrogens (tertiary/aromatic N) is 2. The summed E-state index contributed by atoms with van der Waals surface area (Å²) in [6, 6.07) is 7.87. The van der Waals surface area contributed by atoms with E-state index < -0.39 is 0 Å². The van der Waals surface area contributed by atoms with Crippen LogP contribution in [0.3, 0.4) is 0 Å². The molecule has 17 heavy (non-hydrogen) atoms. The lowest BCUT2D eigenvalue weighted by molar-refractivity contribution is 0.182. The lowest BCUT2D eigenvalue weighted by Crippen LogP contribution is -2.34. The van der Waals surface area contributed by atoms with Crippen LogP contribution in [-0.4, -0.2) is 27.5 Å². The SMILES string of the molecule is O=c1[nH]c2ccccc2n1CN1CCCCC1. The lowest BCUT2D eigenvalue weighted by atomic mass is 10.1. The van der Waals surface area contributed by atoms with Gasteiger partial charge in [-0.25, -0.2) is 4.79 Å². The zero-order valence-corrected chi connectivity index (χ0v) is 9.85. The van der Waals surface area contributed by atoms with Gasteiger partial charge in [0.25, 0.3) is 0 Å². The molecule has 1 aliphatic rings. The molecule has 1 aliphatic heterocycles. The summed E-state index contributed by atoms with van der Waals surface area (Å²) in [5.41, 5.74) is 1.93. The molecule has 0 bridgehead atoms. The van der Waals surface area contributed by atoms with Crippen LogP contribution in [0.1, 0.15) is 19.3 Å². The maximum atomic E-state index is 11.9. The van der Waals surface area contributed by atoms with Gasteiger partial charge in [0.1, 0.15) is 0 Å². The van der Waals surface area contributed by atoms with Gasteiger partial charge in [-0.15, -0.1) is 0 Å². The third-order valence-electron chi connectivity index (χ3n) is 3.47. The number of benzene rings is 1. The first kappa shape index (κ1) is 10.6. The molecule has 1 aromatic heterocycles. The van der Waals surface area contributed by atoms with Crippen LogP contribution in [-0.2, 0) is 6.67 Å². The molecule has 1 fully saturated rings. The number of piperidine rings is 1. The average Bonchev–Trinajstić information content (AvgIpc) is 2.68. The first-order valence-electron chi connectivity index (χ1n) is 6.24. The number of likely N-dealkylation sites (tertiary alicyclic amines) is 1. The summed E-state index contributed by atoms with van der Waals surface area (Å²) >= 11 is 0. The van der Waals surface area contributed by atoms with Crippen molar-refractivity contribution in [3.63, 3.8) is 0 Å². The summed E-state index contributed by atoms with van der Waals surface area (Å²) in [5, 5.41) is 0. The van der Waals surface area contributed by atoms with E-state index in [9.17, 15) is 4.79 Å². The number of hydrogen-bond acceptors (Lipinski definition) is 2. The quantitative estimate of drug-likeness (QED) is 0.855. The molecule has 2 heterocycles. The molecule has 1 aromatic carbocycles. The van der Waals surface area contributed by atoms with Gasteiger partial charge in [0.15, 0.2) is 0 Å². The molecular formula is C13H17N3O. The molecule has 3 rings (SSSR count). The van der Waals surface area contributed by atoms with E-state index in [0.717, 1.165) is 24.1 Å². The smallest absolute Gasteiger partial charge is 0.306 e. The fourth-order valence-electron chi connectivity index (χ4n) is 2.55. The maximum Gasteiger partial charge on any atom is 0.327 e. The number of imidazole rings is 1. The van der Waals surface area contributed by atoms with Gasteiger partial charge in [-0.05, 0) is 38.1 Å². The van der Waals surface area contributed by atoms with Crippen molar-refractivity contribution < 1.29 is 0 Å². The molecule has 0 aliphatic carbocycles. The molecule has 0 unspecified atom stereocenters. The molecule has 1 N–H and O–H groups in total. The highest BCUT2D eigenvalue weighted by Crippen LogP contribution is 2.13. The number of aromatic amines is 1. The van der Waals surface area contributed by atoms with E-state index >= 15 is 0 Å². The van der Waals surface area contributed by atoms with Crippen LogP contribution >= 0.6 is 0 Å². The monoisotopic (exact) mass is 231 g/mol. The fraction of sp³-hybridized carbons (Fsp3) is 0.462. The second-order valence-corrected chi connectivity index (χ2v) is 4.70. The fourth-order valence-corrected chi connectivity index (χ4v) is 2.55. The summed E-state index contributed by atoms with van der Waals surface area (Å²) in [5.74, 6) is 0. The number of rotatable bonds is 2. The minimum absolute atomic E-state index is 0.00299. The Labute approximate surface area is 99.9 Å². The van der Waals surface area contributed by atoms with Crippen molar-refractivity contribution in [2.75, 3.05) is 13.1 Å². The number of aromatic nitrogens is 2. The highest BCUT2D eigenvalue weighted by atomic mass is 16.1. The molecule has 0 amide bonds. The minimum atomic E-state index is -0.00299. The Kier molecular flexibility index (Phi) is 2.73. The highest BCUT2D eigenvalue weighted by molar-refractivity contribution is 5.74. The van der Waals surface area contributed by atoms with Gasteiger partial charge in [0, 0.05) is 0 Å². The van der Waals surface area contributed by atoms with Gasteiger partial charge < -0.3 is 4.98 Å². The van der Waals surface area contributed by atoms with Crippen LogP contribution in [0.4, 0.5) is 0 Å². The van der Waals surface area contributed by atoms with Crippen LogP contribution in [0.15, 0.2) is 29.1 Å². The highest BCUT2D eigenvalue weighted by Gasteiger charge is 2.13. The summed E-state index contributed by atoms with van der Waals surface area (Å²) in [7, 11) is 0. The predicted molar refractivity (Wildman–Crippen MR) is 68.0 cm³/mol. The van der Waals surface area contributed by atoms with Crippen LogP contribution in [0.5, 0.6) is 0 Å². The normalized spacial score (nSPS) is 17.6. The summed E-state index contributed by atoms with van der Waals surface area (Å²) in [4.78, 5) is 17.1. The Morgan fingerprint density at radius 2 is 1.88 bits per heavy atom. The third kappa shape index (κ3) is 2.00. The number of H-pyrrole nitrogens is 1. The molecule has 90 valence electrons. The van der Waals surface area contributed by atoms with Gasteiger partial charge in [0.05, 0.1) is 17.7 Å². The number of fused-ring (bicyclic) bond motifs is 1. The van der Waals surface area contributed by atoms with Gasteiger partial charge in [-0.1, -0.05) is 18.6 Å². The van der Waals surface area contributed by atoms with E-state index in [-0.39, 0.29) is 5.69 Å². The molecule has 2 aromatic rings. The van der Waals surface area contributed by atoms with Crippen molar-refractivity contribution in [3.8, 4) is 0 Å². The number of para-hydroxylation sites is 2. The molecule has 0 spiro atoms. The zero-order valence-electron chi connectivity index (χ0n) is 9.85. The average molecular weight is 231 g/mol. The molecule has 4 nitrogen and oxygen atoms in total. The van der Waals surface area contributed by atoms with Crippen molar-refractivity contribution in [1.29, 1.82) is 0 Å². The predicted octanol–water partition coefficient (Wildman–Crippen LogP) is 1.77. The zero-order chi connectivity index (χ0) is 11.7. The first-order chi connectivity index (χ1) is 8.34. The van der Waals surface area contributed by atoms with Crippen LogP contribution in [0.25, 0.3) is 11.0 Å². The molecule has 4 heteroatoms. The largest absolute Gasteiger partial charge is 0.327 e. The van der Waals surface area contributed by atoms with Crippen molar-refractivity contribution in [1.82, 2.24) is 14.5 Å². The maximum absolute atomic E-state index is 11.9. The summed E-state index contributed by atoms with van der Waals surface area (Å²) in [6.07, 6.45) is 3.81. The van der Waals surface area contributed by atoms with Crippen LogP contribution in [0, 0.1) is 0 Å². The van der Waals surface area contributed by atoms with Crippen molar-refractivity contribution in [3.05, 3.63) is 34.7 Å². The molecule has 0 radical (unpaired) electrons. The Morgan fingerprint density at radius 1 is 1.12 bits per heavy atom. The van der Waals surface area contributed by atoms with Crippen LogP contribution in [0.2, 0.25) is 0 Å². The summed E-state index contributed by atoms with van der Waals surface area (Å²) in [6.45, 7) is 2.92. The number of hydrogen-bond donors (Lipinski definition) is 1. The van der Waals surface area contributed by atoms with Crippen molar-refractivity contribution >= 4 is 11.0 Å². The molecule has 1 saturated heterocycles. The number of nitrogens with one attached hydrogen (secondary N) is 1. The first-order valence-corrected chi connectivity index (χ1v) is 6.24. The minimum Gasteiger partial charge on any atom is -0.306 e. The standard InChI is InChI=1S/C13H17N3O/c17-13-14-11-6-2-3-7-12(11)16(13)10-15-8-4-1-5-9-15/h2-3,6-7H,1,4-5,8-10H2,(H,14,17). The Hall–Kier alpha value is -1.55. The third-order valence-corrected chi connectivity index (χ3v) is 3.47. The molecule has 0 saturated carbocycles. The Bertz CT molecular complexity index is 563. The van der Waals surface area contributed by atoms with Gasteiger partial charge >= 0.3 is 5.69 Å². The Balaban J connectivity index is 1.93. The van der Waals surface area contributed by atoms with Gasteiger partial charge in [-0.2, -0.15) is 0 Å². The molecular weight excluding hydrogens is 214 g/mol. The van der Waals surface area contributed by atoms with Crippen molar-refractivity contribution in [2.24, 2.45) is 0 Å². The summed E-state index contributed by atoms with van der Waals surface area (Å²) < 4.78 is 1.83. The van der Waals surface area contributed by atoms with Crippen LogP contribution < -0.4 is 5.69 Å². The molecule has 0 atom stereocenters. The Morgan fingerprint density at radius 3 is 2.71 bits per heavy atom. The van der Waals surface area contributed by atoms with E-state index in [1.165, 1.54) is 19.3 Å². The topological polar surface area (TPSA) is 41.0 Å². The van der Waals surface area contributed by atoms with Gasteiger partial charge in [-0.3, -0.25) is 9.47 Å². The van der Waals surface area contributed by atoms with E-state index in [1.807, 2.05) is 28.8 Å². The second-order valence-electron chi connectivity index (χ2n) is 4.70. The van der Waals surface area contributed by atoms with Gasteiger partial charge in [0.2, 0.25) is 0 Å². The second kappa shape index (κ2) is 4.37. The van der Waals surface area contributed by atoms with E-state index in [2.05, 4.69) is 9.88 Å². The van der Waals surface area contributed by atoms with Crippen molar-refractivity contribution in [2.45, 2.75) is 25.9 Å². The van der Waals surface area contributed by atoms with E-state index in [1.54, 1.807) is 0 Å². The van der Waals surface area contributed by atoms with E-state index in [0.29, 0.717) is 6.67 Å².